The van der Waals surface area contributed by atoms with Gasteiger partial charge in [0, 0.05) is 5.56 Å². The van der Waals surface area contributed by atoms with Gasteiger partial charge in [0.15, 0.2) is 0 Å². The van der Waals surface area contributed by atoms with E-state index in [0.717, 1.165) is 11.1 Å². The van der Waals surface area contributed by atoms with Crippen molar-refractivity contribution in [2.75, 3.05) is 0 Å². The molecule has 1 aromatic carbocycles. The lowest BCUT2D eigenvalue weighted by Crippen LogP contribution is -2.52. The minimum absolute atomic E-state index is 0.161. The Morgan fingerprint density at radius 1 is 1.29 bits per heavy atom. The molecule has 0 saturated carbocycles. The molecule has 17 heavy (non-hydrogen) atoms. The molecule has 3 N–H and O–H groups in total. The van der Waals surface area contributed by atoms with Crippen LogP contribution < -0.4 is 11.1 Å². The maximum Gasteiger partial charge on any atom is 0.252 e. The zero-order valence-electron chi connectivity index (χ0n) is 10.6. The van der Waals surface area contributed by atoms with Gasteiger partial charge in [-0.05, 0) is 51.0 Å². The average molecular weight is 250 g/mol. The first-order chi connectivity index (χ1) is 7.74. The van der Waals surface area contributed by atoms with Gasteiger partial charge in [0.05, 0.1) is 10.5 Å². The van der Waals surface area contributed by atoms with E-state index in [-0.39, 0.29) is 10.9 Å². The Kier molecular flexibility index (Phi) is 3.88. The van der Waals surface area contributed by atoms with Crippen molar-refractivity contribution in [3.63, 3.8) is 0 Å². The maximum atomic E-state index is 12.0. The van der Waals surface area contributed by atoms with Gasteiger partial charge in [0.25, 0.3) is 5.91 Å². The molecule has 0 aromatic heterocycles. The van der Waals surface area contributed by atoms with E-state index in [0.29, 0.717) is 5.56 Å². The number of benzene rings is 1. The summed E-state index contributed by atoms with van der Waals surface area (Å²) >= 11 is 4.91. The molecule has 1 amide bonds. The summed E-state index contributed by atoms with van der Waals surface area (Å²) in [5.41, 5.74) is 7.77. The van der Waals surface area contributed by atoms with E-state index in [1.807, 2.05) is 26.0 Å². The highest BCUT2D eigenvalue weighted by atomic mass is 32.1. The molecular weight excluding hydrogens is 232 g/mol. The third-order valence-corrected chi connectivity index (χ3v) is 3.32. The number of thiocarbonyl (C=S) groups is 1. The molecular formula is C13H18N2OS. The SMILES string of the molecule is Cc1ccc(C(=O)NC(C)(C)C(N)=S)cc1C. The molecule has 0 saturated heterocycles. The Morgan fingerprint density at radius 3 is 2.35 bits per heavy atom. The van der Waals surface area contributed by atoms with Crippen LogP contribution in [0.3, 0.4) is 0 Å². The highest BCUT2D eigenvalue weighted by Gasteiger charge is 2.24. The fourth-order valence-electron chi connectivity index (χ4n) is 1.30. The zero-order valence-corrected chi connectivity index (χ0v) is 11.4. The standard InChI is InChI=1S/C13H18N2OS/c1-8-5-6-10(7-9(8)2)11(16)15-13(3,4)12(14)17/h5-7H,1-4H3,(H2,14,17)(H,15,16). The van der Waals surface area contributed by atoms with Crippen LogP contribution in [-0.2, 0) is 0 Å². The number of carbonyl (C=O) groups is 1. The van der Waals surface area contributed by atoms with E-state index in [1.165, 1.54) is 0 Å². The van der Waals surface area contributed by atoms with Crippen LogP contribution in [0.25, 0.3) is 0 Å². The van der Waals surface area contributed by atoms with Crippen LogP contribution in [0, 0.1) is 13.8 Å². The van der Waals surface area contributed by atoms with Crippen LogP contribution in [0.4, 0.5) is 0 Å². The molecule has 0 unspecified atom stereocenters. The van der Waals surface area contributed by atoms with Crippen LogP contribution in [0.5, 0.6) is 0 Å². The van der Waals surface area contributed by atoms with Crippen molar-refractivity contribution in [1.82, 2.24) is 5.32 Å². The van der Waals surface area contributed by atoms with Gasteiger partial charge >= 0.3 is 0 Å². The third-order valence-electron chi connectivity index (χ3n) is 2.81. The zero-order chi connectivity index (χ0) is 13.2. The Morgan fingerprint density at radius 2 is 1.88 bits per heavy atom. The van der Waals surface area contributed by atoms with E-state index in [4.69, 9.17) is 18.0 Å². The van der Waals surface area contributed by atoms with Gasteiger partial charge in [-0.15, -0.1) is 0 Å². The van der Waals surface area contributed by atoms with Crippen LogP contribution in [-0.4, -0.2) is 16.4 Å². The molecule has 92 valence electrons. The van der Waals surface area contributed by atoms with Crippen LogP contribution in [0.15, 0.2) is 18.2 Å². The predicted octanol–water partition coefficient (Wildman–Crippen LogP) is 2.10. The summed E-state index contributed by atoms with van der Waals surface area (Å²) in [5, 5.41) is 2.81. The van der Waals surface area contributed by atoms with Crippen molar-refractivity contribution in [1.29, 1.82) is 0 Å². The topological polar surface area (TPSA) is 55.1 Å². The van der Waals surface area contributed by atoms with E-state index in [1.54, 1.807) is 19.9 Å². The Balaban J connectivity index is 2.91. The highest BCUT2D eigenvalue weighted by molar-refractivity contribution is 7.80. The van der Waals surface area contributed by atoms with Crippen LogP contribution >= 0.6 is 12.2 Å². The largest absolute Gasteiger partial charge is 0.391 e. The summed E-state index contributed by atoms with van der Waals surface area (Å²) in [6.07, 6.45) is 0. The van der Waals surface area contributed by atoms with E-state index in [2.05, 4.69) is 5.32 Å². The fraction of sp³-hybridized carbons (Fsp3) is 0.385. The van der Waals surface area contributed by atoms with Gasteiger partial charge in [-0.25, -0.2) is 0 Å². The van der Waals surface area contributed by atoms with Crippen molar-refractivity contribution in [3.8, 4) is 0 Å². The summed E-state index contributed by atoms with van der Waals surface area (Å²) in [5.74, 6) is -0.161. The quantitative estimate of drug-likeness (QED) is 0.808. The number of rotatable bonds is 3. The normalized spacial score (nSPS) is 11.1. The number of nitrogens with two attached hydrogens (primary N) is 1. The molecule has 0 spiro atoms. The smallest absolute Gasteiger partial charge is 0.252 e. The average Bonchev–Trinajstić information content (AvgIpc) is 2.21. The van der Waals surface area contributed by atoms with E-state index >= 15 is 0 Å². The van der Waals surface area contributed by atoms with Gasteiger partial charge < -0.3 is 11.1 Å². The number of hydrogen-bond donors (Lipinski definition) is 2. The molecule has 1 rings (SSSR count). The molecule has 0 radical (unpaired) electrons. The van der Waals surface area contributed by atoms with Crippen LogP contribution in [0.2, 0.25) is 0 Å². The van der Waals surface area contributed by atoms with Crippen molar-refractivity contribution in [2.24, 2.45) is 5.73 Å². The second kappa shape index (κ2) is 4.84. The molecule has 0 aliphatic carbocycles. The summed E-state index contributed by atoms with van der Waals surface area (Å²) in [6.45, 7) is 7.56. The lowest BCUT2D eigenvalue weighted by Gasteiger charge is -2.24. The first kappa shape index (κ1) is 13.6. The molecule has 0 fully saturated rings. The number of amides is 1. The summed E-state index contributed by atoms with van der Waals surface area (Å²) in [6, 6.07) is 5.59. The summed E-state index contributed by atoms with van der Waals surface area (Å²) in [4.78, 5) is 12.3. The van der Waals surface area contributed by atoms with Crippen molar-refractivity contribution in [2.45, 2.75) is 33.2 Å². The van der Waals surface area contributed by atoms with E-state index in [9.17, 15) is 4.79 Å². The molecule has 0 bridgehead atoms. The van der Waals surface area contributed by atoms with Gasteiger partial charge in [-0.2, -0.15) is 0 Å². The van der Waals surface area contributed by atoms with Gasteiger partial charge in [-0.3, -0.25) is 4.79 Å². The molecule has 0 aliphatic heterocycles. The predicted molar refractivity (Wildman–Crippen MR) is 74.2 cm³/mol. The van der Waals surface area contributed by atoms with Gasteiger partial charge in [-0.1, -0.05) is 18.3 Å². The van der Waals surface area contributed by atoms with Crippen LogP contribution in [0.1, 0.15) is 35.3 Å². The second-order valence-corrected chi connectivity index (χ2v) is 5.18. The first-order valence-electron chi connectivity index (χ1n) is 5.43. The van der Waals surface area contributed by atoms with Crippen molar-refractivity contribution in [3.05, 3.63) is 34.9 Å². The van der Waals surface area contributed by atoms with Gasteiger partial charge in [0.2, 0.25) is 0 Å². The molecule has 3 nitrogen and oxygen atoms in total. The Bertz CT molecular complexity index is 466. The number of aryl methyl sites for hydroxylation is 2. The lowest BCUT2D eigenvalue weighted by atomic mass is 10.0. The van der Waals surface area contributed by atoms with Crippen molar-refractivity contribution >= 4 is 23.1 Å². The Labute approximate surface area is 107 Å². The molecule has 4 heteroatoms. The fourth-order valence-corrected chi connectivity index (χ4v) is 1.35. The number of carbonyl (C=O) groups excluding carboxylic acids is 1. The van der Waals surface area contributed by atoms with E-state index < -0.39 is 5.54 Å². The molecule has 1 aromatic rings. The minimum atomic E-state index is -0.675. The Hall–Kier alpha value is -1.42. The third kappa shape index (κ3) is 3.27. The molecule has 0 aliphatic rings. The first-order valence-corrected chi connectivity index (χ1v) is 5.84. The second-order valence-electron chi connectivity index (χ2n) is 4.74. The summed E-state index contributed by atoms with van der Waals surface area (Å²) in [7, 11) is 0. The van der Waals surface area contributed by atoms with Crippen molar-refractivity contribution < 1.29 is 4.79 Å². The maximum absolute atomic E-state index is 12.0. The highest BCUT2D eigenvalue weighted by Crippen LogP contribution is 2.11. The molecule has 0 atom stereocenters. The molecule has 0 heterocycles. The number of nitrogens with one attached hydrogen (secondary N) is 1. The van der Waals surface area contributed by atoms with Gasteiger partial charge in [0.1, 0.15) is 0 Å². The minimum Gasteiger partial charge on any atom is -0.391 e. The number of hydrogen-bond acceptors (Lipinski definition) is 2. The summed E-state index contributed by atoms with van der Waals surface area (Å²) < 4.78 is 0. The lowest BCUT2D eigenvalue weighted by molar-refractivity contribution is 0.0932. The monoisotopic (exact) mass is 250 g/mol.